The van der Waals surface area contributed by atoms with Crippen LogP contribution in [0.25, 0.3) is 0 Å². The summed E-state index contributed by atoms with van der Waals surface area (Å²) in [7, 11) is 1.13. The summed E-state index contributed by atoms with van der Waals surface area (Å²) in [6.07, 6.45) is 95.5. The van der Waals surface area contributed by atoms with Crippen molar-refractivity contribution >= 4 is 19.8 Å². The van der Waals surface area contributed by atoms with Crippen LogP contribution in [0.4, 0.5) is 0 Å². The molecule has 0 rings (SSSR count). The summed E-state index contributed by atoms with van der Waals surface area (Å²) in [4.78, 5) is 38.0. The number of rotatable bonds is 58. The van der Waals surface area contributed by atoms with E-state index in [-0.39, 0.29) is 26.1 Å². The van der Waals surface area contributed by atoms with Crippen LogP contribution in [0.2, 0.25) is 0 Å². The van der Waals surface area contributed by atoms with Crippen molar-refractivity contribution < 1.29 is 42.1 Å². The van der Waals surface area contributed by atoms with E-state index < -0.39 is 32.5 Å². The molecule has 474 valence electrons. The Bertz CT molecular complexity index is 2020. The zero-order valence-electron chi connectivity index (χ0n) is 53.8. The zero-order valence-corrected chi connectivity index (χ0v) is 54.7. The molecule has 84 heavy (non-hydrogen) atoms. The normalized spacial score (nSPS) is 14.3. The Labute approximate surface area is 515 Å². The first kappa shape index (κ1) is 79.4. The van der Waals surface area contributed by atoms with Gasteiger partial charge in [0.25, 0.3) is 7.82 Å². The molecule has 0 heterocycles. The van der Waals surface area contributed by atoms with Crippen molar-refractivity contribution in [2.75, 3.05) is 47.5 Å². The second-order valence-electron chi connectivity index (χ2n) is 22.4. The number of hydrogen-bond donors (Lipinski definition) is 0. The maximum absolute atomic E-state index is 12.9. The third kappa shape index (κ3) is 66.5. The minimum atomic E-state index is -4.66. The molecule has 9 nitrogen and oxygen atoms in total. The van der Waals surface area contributed by atoms with E-state index in [1.807, 2.05) is 21.1 Å². The van der Waals surface area contributed by atoms with E-state index in [9.17, 15) is 19.0 Å². The van der Waals surface area contributed by atoms with Gasteiger partial charge in [-0.05, 0) is 128 Å². The van der Waals surface area contributed by atoms with Gasteiger partial charge in [-0.15, -0.1) is 0 Å². The molecule has 0 radical (unpaired) electrons. The van der Waals surface area contributed by atoms with Gasteiger partial charge in [-0.1, -0.05) is 261 Å². The van der Waals surface area contributed by atoms with E-state index in [1.165, 1.54) is 51.4 Å². The number of quaternary nitrogens is 1. The Kier molecular flexibility index (Phi) is 59.4. The summed E-state index contributed by atoms with van der Waals surface area (Å²) in [5.41, 5.74) is 0. The molecule has 2 atom stereocenters. The van der Waals surface area contributed by atoms with Gasteiger partial charge >= 0.3 is 11.9 Å². The molecule has 0 aromatic carbocycles. The summed E-state index contributed by atoms with van der Waals surface area (Å²) < 4.78 is 34.2. The monoisotopic (exact) mass is 1180 g/mol. The highest BCUT2D eigenvalue weighted by atomic mass is 31.2. The topological polar surface area (TPSA) is 111 Å². The molecule has 0 amide bonds. The molecule has 0 aliphatic rings. The number of likely N-dealkylation sites (N-methyl/N-ethyl adjacent to an activating group) is 1. The number of allylic oxidation sites excluding steroid dienone is 28. The van der Waals surface area contributed by atoms with Gasteiger partial charge in [0, 0.05) is 12.8 Å². The van der Waals surface area contributed by atoms with Crippen LogP contribution >= 0.6 is 7.82 Å². The number of nitrogens with zero attached hydrogens (tertiary/aromatic N) is 1. The third-order valence-electron chi connectivity index (χ3n) is 13.2. The number of carbonyl (C=O) groups excluding carboxylic acids is 2. The van der Waals surface area contributed by atoms with Crippen molar-refractivity contribution in [2.24, 2.45) is 0 Å². The van der Waals surface area contributed by atoms with Crippen LogP contribution < -0.4 is 4.89 Å². The van der Waals surface area contributed by atoms with Crippen LogP contribution in [-0.4, -0.2) is 70.0 Å². The molecule has 10 heteroatoms. The molecule has 0 saturated carbocycles. The first-order valence-corrected chi connectivity index (χ1v) is 34.3. The molecule has 0 N–H and O–H groups in total. The molecule has 0 fully saturated rings. The van der Waals surface area contributed by atoms with Gasteiger partial charge in [-0.25, -0.2) is 0 Å². The largest absolute Gasteiger partial charge is 0.756 e. The van der Waals surface area contributed by atoms with Crippen molar-refractivity contribution in [1.82, 2.24) is 0 Å². The average molecular weight is 1180 g/mol. The molecule has 0 bridgehead atoms. The lowest BCUT2D eigenvalue weighted by molar-refractivity contribution is -0.870. The smallest absolute Gasteiger partial charge is 0.306 e. The fourth-order valence-electron chi connectivity index (χ4n) is 8.26. The second-order valence-corrected chi connectivity index (χ2v) is 23.8. The lowest BCUT2D eigenvalue weighted by Gasteiger charge is -2.28. The number of phosphoric acid groups is 1. The summed E-state index contributed by atoms with van der Waals surface area (Å²) in [5.74, 6) is -0.864. The van der Waals surface area contributed by atoms with Crippen molar-refractivity contribution in [3.05, 3.63) is 170 Å². The number of unbranched alkanes of at least 4 members (excludes halogenated alkanes) is 16. The van der Waals surface area contributed by atoms with E-state index >= 15 is 0 Å². The SMILES string of the molecule is CC/C=C\C/C=C\C/C=C\C/C=C\C/C=C\C/C=C\C/C=C\C/C=C\CCCCCCCCCCC(=O)OC(COC(=O)CCCCCCCCCC/C=C\C/C=C\C/C=C\C/C=C\C/C=C\C/C=C\CC)COP(=O)([O-])OCC[N+](C)(C)C. The summed E-state index contributed by atoms with van der Waals surface area (Å²) in [6, 6.07) is 0. The Morgan fingerprint density at radius 2 is 0.643 bits per heavy atom. The second kappa shape index (κ2) is 62.9. The highest BCUT2D eigenvalue weighted by Gasteiger charge is 2.22. The van der Waals surface area contributed by atoms with Crippen LogP contribution in [0.15, 0.2) is 170 Å². The van der Waals surface area contributed by atoms with Crippen LogP contribution in [0.5, 0.6) is 0 Å². The summed E-state index contributed by atoms with van der Waals surface area (Å²) in [6.45, 7) is 3.97. The Balaban J connectivity index is 4.20. The molecular formula is C74H120NO8P. The minimum absolute atomic E-state index is 0.0438. The highest BCUT2D eigenvalue weighted by Crippen LogP contribution is 2.38. The van der Waals surface area contributed by atoms with Crippen LogP contribution in [-0.2, 0) is 32.7 Å². The van der Waals surface area contributed by atoms with Gasteiger partial charge in [-0.2, -0.15) is 0 Å². The van der Waals surface area contributed by atoms with E-state index in [2.05, 4.69) is 184 Å². The minimum Gasteiger partial charge on any atom is -0.756 e. The Hall–Kier alpha value is -4.63. The lowest BCUT2D eigenvalue weighted by atomic mass is 10.1. The fraction of sp³-hybridized carbons (Fsp3) is 0.595. The molecule has 0 saturated heterocycles. The van der Waals surface area contributed by atoms with Gasteiger partial charge < -0.3 is 27.9 Å². The molecule has 2 unspecified atom stereocenters. The van der Waals surface area contributed by atoms with Gasteiger partial charge in [0.05, 0.1) is 27.7 Å². The Morgan fingerprint density at radius 1 is 0.369 bits per heavy atom. The number of phosphoric ester groups is 1. The van der Waals surface area contributed by atoms with Gasteiger partial charge in [0.1, 0.15) is 19.8 Å². The quantitative estimate of drug-likeness (QED) is 0.0195. The predicted molar refractivity (Wildman–Crippen MR) is 360 cm³/mol. The molecule has 0 aromatic heterocycles. The van der Waals surface area contributed by atoms with Crippen molar-refractivity contribution in [2.45, 2.75) is 238 Å². The van der Waals surface area contributed by atoms with E-state index in [0.717, 1.165) is 141 Å². The van der Waals surface area contributed by atoms with E-state index in [4.69, 9.17) is 18.5 Å². The van der Waals surface area contributed by atoms with Gasteiger partial charge in [-0.3, -0.25) is 14.2 Å². The molecule has 0 spiro atoms. The molecule has 0 aliphatic carbocycles. The molecular weight excluding hydrogens is 1060 g/mol. The van der Waals surface area contributed by atoms with Crippen LogP contribution in [0, 0.1) is 0 Å². The number of carbonyl (C=O) groups is 2. The first-order valence-electron chi connectivity index (χ1n) is 32.8. The maximum atomic E-state index is 12.9. The number of hydrogen-bond acceptors (Lipinski definition) is 8. The lowest BCUT2D eigenvalue weighted by Crippen LogP contribution is -2.37. The van der Waals surface area contributed by atoms with Crippen LogP contribution in [0.3, 0.4) is 0 Å². The van der Waals surface area contributed by atoms with E-state index in [1.54, 1.807) is 0 Å². The van der Waals surface area contributed by atoms with Gasteiger partial charge in [0.2, 0.25) is 0 Å². The summed E-state index contributed by atoms with van der Waals surface area (Å²) >= 11 is 0. The summed E-state index contributed by atoms with van der Waals surface area (Å²) in [5, 5.41) is 0. The van der Waals surface area contributed by atoms with Crippen LogP contribution in [0.1, 0.15) is 232 Å². The third-order valence-corrected chi connectivity index (χ3v) is 14.2. The van der Waals surface area contributed by atoms with Crippen molar-refractivity contribution in [3.63, 3.8) is 0 Å². The number of ether oxygens (including phenoxy) is 2. The fourth-order valence-corrected chi connectivity index (χ4v) is 8.99. The highest BCUT2D eigenvalue weighted by molar-refractivity contribution is 7.45. The Morgan fingerprint density at radius 3 is 0.952 bits per heavy atom. The van der Waals surface area contributed by atoms with Gasteiger partial charge in [0.15, 0.2) is 6.10 Å². The first-order chi connectivity index (χ1) is 41.0. The van der Waals surface area contributed by atoms with E-state index in [0.29, 0.717) is 23.9 Å². The maximum Gasteiger partial charge on any atom is 0.306 e. The predicted octanol–water partition coefficient (Wildman–Crippen LogP) is 20.7. The molecule has 0 aromatic rings. The van der Waals surface area contributed by atoms with Crippen molar-refractivity contribution in [3.8, 4) is 0 Å². The zero-order chi connectivity index (χ0) is 61.2. The van der Waals surface area contributed by atoms with Crippen molar-refractivity contribution in [1.29, 1.82) is 0 Å². The number of esters is 2. The standard InChI is InChI=1S/C74H120NO8P/c1-6-8-10-12-14-16-18-20-22-24-26-28-30-32-34-35-36-37-38-39-41-43-45-47-49-51-53-55-57-59-61-63-65-67-74(77)83-72(71-82-84(78,79)81-69-68-75(3,4)5)70-80-73(76)66-64-62-60-58-56-54-52-50-48-46-44-42-40-33-31-29-27-25-23-21-19-17-15-13-11-9-7-2/h8-11,14-17,20-23,26-29,32-34,36-37,39-41,44-47,72H,6-7,12-13,18-19,24-25,30-31,35,38,42-43,48-71H2,1-5H3/b10-8-,11-9-,16-14-,17-15-,22-20-,23-21-,28-26-,29-27-,34-32-,37-36-,40-33-,41-39-,46-44-,47-45-. The average Bonchev–Trinajstić information content (AvgIpc) is 3.61. The molecule has 0 aliphatic heterocycles.